The lowest BCUT2D eigenvalue weighted by Crippen LogP contribution is -2.67. The summed E-state index contributed by atoms with van der Waals surface area (Å²) in [7, 11) is -2.76. The van der Waals surface area contributed by atoms with Crippen LogP contribution in [0.15, 0.2) is 72.8 Å². The minimum absolute atomic E-state index is 0.0151. The molecule has 4 atom stereocenters. The maximum absolute atomic E-state index is 13.6. The summed E-state index contributed by atoms with van der Waals surface area (Å²) in [4.78, 5) is 27.0. The summed E-state index contributed by atoms with van der Waals surface area (Å²) >= 11 is 0. The van der Waals surface area contributed by atoms with Crippen molar-refractivity contribution in [3.8, 4) is 0 Å². The molecule has 0 bridgehead atoms. The highest BCUT2D eigenvalue weighted by atomic mass is 28.4. The van der Waals surface area contributed by atoms with Gasteiger partial charge in [-0.2, -0.15) is 0 Å². The van der Waals surface area contributed by atoms with E-state index in [-0.39, 0.29) is 28.6 Å². The molecule has 2 unspecified atom stereocenters. The second-order valence-corrected chi connectivity index (χ2v) is 17.2. The van der Waals surface area contributed by atoms with Crippen molar-refractivity contribution in [2.45, 2.75) is 65.0 Å². The second kappa shape index (κ2) is 8.25. The molecular weight excluding hydrogens is 464 g/mol. The number of allylic oxidation sites excluding steroid dienone is 1. The number of rotatable bonds is 6. The molecule has 4 nitrogen and oxygen atoms in total. The topological polar surface area (TPSA) is 52.6 Å². The van der Waals surface area contributed by atoms with Crippen LogP contribution in [0.2, 0.25) is 5.04 Å². The van der Waals surface area contributed by atoms with Gasteiger partial charge in [0.2, 0.25) is 0 Å². The van der Waals surface area contributed by atoms with E-state index in [1.54, 1.807) is 0 Å². The Balaban J connectivity index is 1.55. The second-order valence-electron chi connectivity index (χ2n) is 12.9. The fraction of sp³-hybridized carbons (Fsp3) is 0.484. The average Bonchev–Trinajstić information content (AvgIpc) is 3.43. The molecule has 2 saturated carbocycles. The summed E-state index contributed by atoms with van der Waals surface area (Å²) < 4.78 is 13.1. The summed E-state index contributed by atoms with van der Waals surface area (Å²) in [5.41, 5.74) is -2.10. The third-order valence-corrected chi connectivity index (χ3v) is 13.5. The standard InChI is InChI=1S/C31H38O4Si/c1-28(2,3)35-27(33)31-24-18-13-19-30(26(24)31,20-25(31)32)21-34-36(29(4,5)6,22-14-9-7-10-15-22)23-16-11-8-12-17-23/h7-17,19,24,26H,18,20-21H2,1-6H3/t24?,26-,30-,31?/m0/s1. The quantitative estimate of drug-likeness (QED) is 0.240. The Bertz CT molecular complexity index is 1150. The van der Waals surface area contributed by atoms with Crippen LogP contribution >= 0.6 is 0 Å². The Kier molecular flexibility index (Phi) is 5.77. The van der Waals surface area contributed by atoms with Crippen LogP contribution in [0.3, 0.4) is 0 Å². The number of ether oxygens (including phenoxy) is 1. The molecule has 3 aliphatic rings. The molecule has 0 aromatic heterocycles. The highest BCUT2D eigenvalue weighted by molar-refractivity contribution is 6.99. The first-order valence-corrected chi connectivity index (χ1v) is 15.0. The first-order valence-electron chi connectivity index (χ1n) is 13.1. The molecule has 0 saturated heterocycles. The Morgan fingerprint density at radius 2 is 1.50 bits per heavy atom. The fourth-order valence-electron chi connectivity index (χ4n) is 7.13. The van der Waals surface area contributed by atoms with E-state index in [0.717, 1.165) is 6.42 Å². The van der Waals surface area contributed by atoms with E-state index < -0.39 is 24.7 Å². The van der Waals surface area contributed by atoms with Crippen molar-refractivity contribution in [1.82, 2.24) is 0 Å². The zero-order chi connectivity index (χ0) is 26.0. The molecular formula is C31H38O4Si. The molecule has 2 aromatic rings. The molecule has 190 valence electrons. The van der Waals surface area contributed by atoms with Crippen molar-refractivity contribution >= 4 is 30.4 Å². The average molecular weight is 503 g/mol. The van der Waals surface area contributed by atoms with Crippen molar-refractivity contribution in [2.75, 3.05) is 6.61 Å². The van der Waals surface area contributed by atoms with Gasteiger partial charge in [0.25, 0.3) is 8.32 Å². The minimum Gasteiger partial charge on any atom is -0.459 e. The number of carbonyl (C=O) groups is 2. The predicted molar refractivity (Wildman–Crippen MR) is 145 cm³/mol. The third kappa shape index (κ3) is 3.58. The number of Topliss-reactive ketones (excluding diaryl/α,β-unsaturated/α-hetero) is 1. The van der Waals surface area contributed by atoms with Crippen LogP contribution in [0.4, 0.5) is 0 Å². The molecule has 0 amide bonds. The normalized spacial score (nSPS) is 29.1. The summed E-state index contributed by atoms with van der Waals surface area (Å²) in [6.07, 6.45) is 5.43. The third-order valence-electron chi connectivity index (χ3n) is 8.49. The van der Waals surface area contributed by atoms with Gasteiger partial charge in [0.15, 0.2) is 5.78 Å². The number of fused-ring (bicyclic) bond motifs is 1. The van der Waals surface area contributed by atoms with Crippen molar-refractivity contribution < 1.29 is 18.8 Å². The molecule has 0 spiro atoms. The van der Waals surface area contributed by atoms with Crippen molar-refractivity contribution in [2.24, 2.45) is 22.7 Å². The van der Waals surface area contributed by atoms with E-state index in [0.29, 0.717) is 13.0 Å². The van der Waals surface area contributed by atoms with Crippen LogP contribution in [-0.4, -0.2) is 32.3 Å². The van der Waals surface area contributed by atoms with E-state index in [1.165, 1.54) is 10.4 Å². The molecule has 36 heavy (non-hydrogen) atoms. The molecule has 0 aliphatic heterocycles. The van der Waals surface area contributed by atoms with Crippen LogP contribution in [0, 0.1) is 22.7 Å². The molecule has 0 N–H and O–H groups in total. The van der Waals surface area contributed by atoms with Crippen LogP contribution < -0.4 is 10.4 Å². The van der Waals surface area contributed by atoms with E-state index in [9.17, 15) is 9.59 Å². The largest absolute Gasteiger partial charge is 0.459 e. The van der Waals surface area contributed by atoms with Crippen LogP contribution in [0.25, 0.3) is 0 Å². The highest BCUT2D eigenvalue weighted by Gasteiger charge is 2.84. The van der Waals surface area contributed by atoms with E-state index in [4.69, 9.17) is 9.16 Å². The van der Waals surface area contributed by atoms with Gasteiger partial charge < -0.3 is 9.16 Å². The van der Waals surface area contributed by atoms with E-state index in [2.05, 4.69) is 81.5 Å². The van der Waals surface area contributed by atoms with Crippen molar-refractivity contribution in [3.63, 3.8) is 0 Å². The zero-order valence-corrected chi connectivity index (χ0v) is 23.3. The van der Waals surface area contributed by atoms with Crippen molar-refractivity contribution in [3.05, 3.63) is 72.8 Å². The first-order chi connectivity index (χ1) is 16.9. The molecule has 0 heterocycles. The number of ketones is 1. The lowest BCUT2D eigenvalue weighted by atomic mass is 9.77. The molecule has 5 rings (SSSR count). The molecule has 2 aromatic carbocycles. The van der Waals surface area contributed by atoms with E-state index >= 15 is 0 Å². The van der Waals surface area contributed by atoms with Gasteiger partial charge in [0.05, 0.1) is 0 Å². The Hall–Kier alpha value is -2.50. The fourth-order valence-corrected chi connectivity index (χ4v) is 11.8. The van der Waals surface area contributed by atoms with Crippen molar-refractivity contribution in [1.29, 1.82) is 0 Å². The van der Waals surface area contributed by atoms with Crippen LogP contribution in [0.1, 0.15) is 54.4 Å². The SMILES string of the molecule is CC(C)(C)OC(=O)C12C(=O)C[C@]3(CO[Si](c4ccccc4)(c4ccccc4)C(C)(C)C)C=CCC1[C@H]23. The van der Waals surface area contributed by atoms with Gasteiger partial charge in [-0.25, -0.2) is 0 Å². The smallest absolute Gasteiger partial charge is 0.320 e. The Labute approximate surface area is 216 Å². The Morgan fingerprint density at radius 1 is 0.944 bits per heavy atom. The first kappa shape index (κ1) is 25.2. The van der Waals surface area contributed by atoms with Gasteiger partial charge in [-0.1, -0.05) is 93.6 Å². The molecule has 3 aliphatic carbocycles. The van der Waals surface area contributed by atoms with Gasteiger partial charge in [-0.15, -0.1) is 0 Å². The number of benzene rings is 2. The zero-order valence-electron chi connectivity index (χ0n) is 22.3. The maximum atomic E-state index is 13.6. The summed E-state index contributed by atoms with van der Waals surface area (Å²) in [6, 6.07) is 21.1. The number of carbonyl (C=O) groups excluding carboxylic acids is 2. The minimum atomic E-state index is -2.76. The lowest BCUT2D eigenvalue weighted by Gasteiger charge is -2.45. The van der Waals surface area contributed by atoms with Gasteiger partial charge in [0.1, 0.15) is 11.0 Å². The van der Waals surface area contributed by atoms with Gasteiger partial charge >= 0.3 is 5.97 Å². The summed E-state index contributed by atoms with van der Waals surface area (Å²) in [5, 5.41) is 2.28. The summed E-state index contributed by atoms with van der Waals surface area (Å²) in [6.45, 7) is 12.8. The lowest BCUT2D eigenvalue weighted by molar-refractivity contribution is -0.164. The predicted octanol–water partition coefficient (Wildman–Crippen LogP) is 5.06. The number of hydrogen-bond acceptors (Lipinski definition) is 4. The van der Waals surface area contributed by atoms with E-state index in [1.807, 2.05) is 32.9 Å². The summed E-state index contributed by atoms with van der Waals surface area (Å²) in [5.74, 6) is -0.343. The highest BCUT2D eigenvalue weighted by Crippen LogP contribution is 2.77. The number of esters is 1. The monoisotopic (exact) mass is 502 g/mol. The maximum Gasteiger partial charge on any atom is 0.320 e. The molecule has 0 radical (unpaired) electrons. The van der Waals surface area contributed by atoms with Gasteiger partial charge in [-0.3, -0.25) is 9.59 Å². The molecule has 5 heteroatoms. The Morgan fingerprint density at radius 3 is 2.00 bits per heavy atom. The van der Waals surface area contributed by atoms with Gasteiger partial charge in [0, 0.05) is 18.4 Å². The molecule has 2 fully saturated rings. The van der Waals surface area contributed by atoms with Crippen LogP contribution in [-0.2, 0) is 18.8 Å². The number of hydrogen-bond donors (Lipinski definition) is 0. The van der Waals surface area contributed by atoms with Crippen LogP contribution in [0.5, 0.6) is 0 Å². The van der Waals surface area contributed by atoms with Gasteiger partial charge in [-0.05, 0) is 54.4 Å².